The molecule has 0 heterocycles. The minimum Gasteiger partial charge on any atom is -0.0616 e. The molecule has 0 saturated carbocycles. The molecule has 0 radical (unpaired) electrons. The largest absolute Gasteiger partial charge is 1.00 e. The minimum absolute atomic E-state index is 0. The lowest BCUT2D eigenvalue weighted by Crippen LogP contribution is -1.75. The Labute approximate surface area is 84.3 Å². The molecule has 3 rings (SSSR count). The van der Waals surface area contributed by atoms with Gasteiger partial charge in [0, 0.05) is 0 Å². The first kappa shape index (κ1) is 7.57. The lowest BCUT2D eigenvalue weighted by atomic mass is 10.0. The molecule has 3 aromatic carbocycles. The molecule has 0 aromatic heterocycles. The highest BCUT2D eigenvalue weighted by molar-refractivity contribution is 6.07. The van der Waals surface area contributed by atoms with Crippen LogP contribution in [0, 0.1) is 0 Å². The van der Waals surface area contributed by atoms with Gasteiger partial charge in [-0.3, -0.25) is 0 Å². The van der Waals surface area contributed by atoms with E-state index in [1.165, 1.54) is 21.5 Å². The van der Waals surface area contributed by atoms with Crippen molar-refractivity contribution >= 4 is 21.5 Å². The molecule has 14 heavy (non-hydrogen) atoms. The zero-order valence-corrected chi connectivity index (χ0v) is 7.77. The molecule has 0 aliphatic heterocycles. The van der Waals surface area contributed by atoms with E-state index in [9.17, 15) is 0 Å². The highest BCUT2D eigenvalue weighted by Crippen LogP contribution is 2.24. The summed E-state index contributed by atoms with van der Waals surface area (Å²) in [6, 6.07) is 21.4. The van der Waals surface area contributed by atoms with Crippen molar-refractivity contribution in [2.75, 3.05) is 0 Å². The molecule has 0 aliphatic rings. The Morgan fingerprint density at radius 1 is 0.500 bits per heavy atom. The van der Waals surface area contributed by atoms with E-state index in [-0.39, 0.29) is 1.43 Å². The molecule has 0 bridgehead atoms. The maximum Gasteiger partial charge on any atom is 1.00 e. The Morgan fingerprint density at radius 3 is 1.43 bits per heavy atom. The van der Waals surface area contributed by atoms with Gasteiger partial charge in [-0.25, -0.2) is 0 Å². The second-order valence-electron chi connectivity index (χ2n) is 3.51. The smallest absolute Gasteiger partial charge is 0.0616 e. The van der Waals surface area contributed by atoms with E-state index in [2.05, 4.69) is 60.7 Å². The summed E-state index contributed by atoms with van der Waals surface area (Å²) in [5.74, 6) is 0. The Morgan fingerprint density at radius 2 is 0.929 bits per heavy atom. The van der Waals surface area contributed by atoms with E-state index in [4.69, 9.17) is 0 Å². The molecule has 0 spiro atoms. The van der Waals surface area contributed by atoms with Crippen molar-refractivity contribution in [3.8, 4) is 0 Å². The lowest BCUT2D eigenvalue weighted by Gasteiger charge is -2.02. The summed E-state index contributed by atoms with van der Waals surface area (Å²) in [6.07, 6.45) is 0. The van der Waals surface area contributed by atoms with E-state index < -0.39 is 0 Å². The monoisotopic (exact) mass is 179 g/mol. The highest BCUT2D eigenvalue weighted by Gasteiger charge is 1.97. The van der Waals surface area contributed by atoms with Gasteiger partial charge in [0.15, 0.2) is 0 Å². The molecule has 0 atom stereocenters. The molecule has 0 saturated heterocycles. The van der Waals surface area contributed by atoms with Crippen molar-refractivity contribution in [1.29, 1.82) is 0 Å². The van der Waals surface area contributed by atoms with E-state index in [1.54, 1.807) is 0 Å². The third kappa shape index (κ3) is 1.01. The average molecular weight is 179 g/mol. The third-order valence-corrected chi connectivity index (χ3v) is 2.65. The standard InChI is InChI=1S/C14H10/c1-3-7-13-11(5-1)9-10-12-6-2-4-8-14(12)13/h1-10H/p+1. The predicted octanol–water partition coefficient (Wildman–Crippen LogP) is 4.11. The van der Waals surface area contributed by atoms with Crippen molar-refractivity contribution in [3.05, 3.63) is 60.7 Å². The van der Waals surface area contributed by atoms with Crippen LogP contribution in [0.2, 0.25) is 0 Å². The SMILES string of the molecule is [H+].c1ccc2c(c1)ccc1ccccc12. The fourth-order valence-electron chi connectivity index (χ4n) is 1.95. The summed E-state index contributed by atoms with van der Waals surface area (Å²) in [5, 5.41) is 5.30. The van der Waals surface area contributed by atoms with Gasteiger partial charge >= 0.3 is 1.43 Å². The molecule has 3 aromatic rings. The van der Waals surface area contributed by atoms with Gasteiger partial charge in [0.05, 0.1) is 0 Å². The second kappa shape index (κ2) is 2.85. The van der Waals surface area contributed by atoms with Crippen molar-refractivity contribution in [3.63, 3.8) is 0 Å². The number of rotatable bonds is 0. The van der Waals surface area contributed by atoms with Crippen LogP contribution in [0.1, 0.15) is 1.43 Å². The molecular weight excluding hydrogens is 168 g/mol. The summed E-state index contributed by atoms with van der Waals surface area (Å²) in [6.45, 7) is 0. The van der Waals surface area contributed by atoms with E-state index in [0.717, 1.165) is 0 Å². The summed E-state index contributed by atoms with van der Waals surface area (Å²) >= 11 is 0. The first-order valence-electron chi connectivity index (χ1n) is 4.82. The first-order valence-corrected chi connectivity index (χ1v) is 4.82. The van der Waals surface area contributed by atoms with Gasteiger partial charge in [-0.05, 0) is 21.5 Å². The van der Waals surface area contributed by atoms with Crippen LogP contribution in [0.4, 0.5) is 0 Å². The van der Waals surface area contributed by atoms with Crippen LogP contribution in [0.3, 0.4) is 0 Å². The maximum absolute atomic E-state index is 2.18. The van der Waals surface area contributed by atoms with Gasteiger partial charge in [0.1, 0.15) is 0 Å². The summed E-state index contributed by atoms with van der Waals surface area (Å²) < 4.78 is 0. The second-order valence-corrected chi connectivity index (χ2v) is 3.51. The van der Waals surface area contributed by atoms with Crippen molar-refractivity contribution in [2.45, 2.75) is 0 Å². The Bertz CT molecular complexity index is 544. The quantitative estimate of drug-likeness (QED) is 0.456. The molecule has 0 fully saturated rings. The summed E-state index contributed by atoms with van der Waals surface area (Å²) in [4.78, 5) is 0. The van der Waals surface area contributed by atoms with E-state index in [0.29, 0.717) is 0 Å². The van der Waals surface area contributed by atoms with Crippen LogP contribution in [0.15, 0.2) is 60.7 Å². The lowest BCUT2D eigenvalue weighted by molar-refractivity contribution is 1.76. The minimum atomic E-state index is 0. The Kier molecular flexibility index (Phi) is 1.54. The third-order valence-electron chi connectivity index (χ3n) is 2.65. The topological polar surface area (TPSA) is 0 Å². The maximum atomic E-state index is 2.18. The summed E-state index contributed by atoms with van der Waals surface area (Å²) in [5.41, 5.74) is 0. The average Bonchev–Trinajstić information content (AvgIpc) is 2.29. The van der Waals surface area contributed by atoms with Crippen molar-refractivity contribution in [2.24, 2.45) is 0 Å². The van der Waals surface area contributed by atoms with Crippen LogP contribution in [0.5, 0.6) is 0 Å². The molecule has 0 nitrogen and oxygen atoms in total. The van der Waals surface area contributed by atoms with Crippen LogP contribution in [-0.4, -0.2) is 0 Å². The Hall–Kier alpha value is -1.82. The normalized spacial score (nSPS) is 10.9. The van der Waals surface area contributed by atoms with Crippen molar-refractivity contribution in [1.82, 2.24) is 0 Å². The zero-order chi connectivity index (χ0) is 9.38. The number of fused-ring (bicyclic) bond motifs is 3. The van der Waals surface area contributed by atoms with Gasteiger partial charge < -0.3 is 0 Å². The first-order chi connectivity index (χ1) is 6.95. The van der Waals surface area contributed by atoms with Gasteiger partial charge in [0.25, 0.3) is 0 Å². The molecule has 66 valence electrons. The van der Waals surface area contributed by atoms with Gasteiger partial charge in [0.2, 0.25) is 0 Å². The van der Waals surface area contributed by atoms with Gasteiger partial charge in [-0.2, -0.15) is 0 Å². The molecule has 0 amide bonds. The van der Waals surface area contributed by atoms with Gasteiger partial charge in [-0.15, -0.1) is 0 Å². The number of benzene rings is 3. The molecule has 0 heteroatoms. The fourth-order valence-corrected chi connectivity index (χ4v) is 1.95. The zero-order valence-electron chi connectivity index (χ0n) is 8.77. The molecular formula is C14H11+. The number of hydrogen-bond acceptors (Lipinski definition) is 0. The fraction of sp³-hybridized carbons (Fsp3) is 0. The van der Waals surface area contributed by atoms with Crippen LogP contribution in [-0.2, 0) is 0 Å². The Balaban J connectivity index is 0.000000853. The highest BCUT2D eigenvalue weighted by atomic mass is 14.0. The van der Waals surface area contributed by atoms with Crippen LogP contribution in [0.25, 0.3) is 21.5 Å². The van der Waals surface area contributed by atoms with Crippen LogP contribution < -0.4 is 0 Å². The van der Waals surface area contributed by atoms with Crippen molar-refractivity contribution < 1.29 is 1.43 Å². The predicted molar refractivity (Wildman–Crippen MR) is 62.6 cm³/mol. The van der Waals surface area contributed by atoms with Gasteiger partial charge in [-0.1, -0.05) is 60.7 Å². The molecule has 0 N–H and O–H groups in total. The van der Waals surface area contributed by atoms with Crippen LogP contribution >= 0.6 is 0 Å². The summed E-state index contributed by atoms with van der Waals surface area (Å²) in [7, 11) is 0. The number of hydrogen-bond donors (Lipinski definition) is 0. The molecule has 0 unspecified atom stereocenters. The van der Waals surface area contributed by atoms with E-state index >= 15 is 0 Å². The van der Waals surface area contributed by atoms with E-state index in [1.807, 2.05) is 0 Å². The molecule has 0 aliphatic carbocycles.